The summed E-state index contributed by atoms with van der Waals surface area (Å²) in [5.74, 6) is 0. The summed E-state index contributed by atoms with van der Waals surface area (Å²) in [5, 5.41) is 4.24. The van der Waals surface area contributed by atoms with Gasteiger partial charge in [0.25, 0.3) is 0 Å². The van der Waals surface area contributed by atoms with Crippen molar-refractivity contribution in [2.24, 2.45) is 4.69 Å². The molecule has 0 atom stereocenters. The van der Waals surface area contributed by atoms with Crippen LogP contribution in [0, 0.1) is 0 Å². The SMILES string of the molecule is CCC[CH2][Ge]([NH2])([CH2]CCC)[CH2]CCC. The van der Waals surface area contributed by atoms with Crippen molar-refractivity contribution < 1.29 is 0 Å². The molecule has 0 bridgehead atoms. The van der Waals surface area contributed by atoms with Crippen LogP contribution < -0.4 is 4.69 Å². The van der Waals surface area contributed by atoms with Gasteiger partial charge in [-0.3, -0.25) is 0 Å². The van der Waals surface area contributed by atoms with Crippen LogP contribution in [0.3, 0.4) is 0 Å². The van der Waals surface area contributed by atoms with Crippen LogP contribution in [0.5, 0.6) is 0 Å². The summed E-state index contributed by atoms with van der Waals surface area (Å²) in [7, 11) is 0. The summed E-state index contributed by atoms with van der Waals surface area (Å²) in [5.41, 5.74) is 0. The molecule has 0 saturated heterocycles. The quantitative estimate of drug-likeness (QED) is 0.615. The van der Waals surface area contributed by atoms with Crippen LogP contribution in [0.15, 0.2) is 0 Å². The van der Waals surface area contributed by atoms with Crippen LogP contribution >= 0.6 is 0 Å². The Labute approximate surface area is 93.4 Å². The molecule has 0 spiro atoms. The molecule has 0 aliphatic rings. The molecule has 0 amide bonds. The third kappa shape index (κ3) is 6.88. The van der Waals surface area contributed by atoms with Gasteiger partial charge in [-0.25, -0.2) is 0 Å². The van der Waals surface area contributed by atoms with E-state index in [2.05, 4.69) is 20.8 Å². The molecular weight excluding hydrogens is 231 g/mol. The molecule has 0 radical (unpaired) electrons. The average Bonchev–Trinajstić information content (AvgIpc) is 2.21. The molecule has 14 heavy (non-hydrogen) atoms. The minimum absolute atomic E-state index is 1.32. The summed E-state index contributed by atoms with van der Waals surface area (Å²) in [6.45, 7) is 6.84. The van der Waals surface area contributed by atoms with E-state index in [-0.39, 0.29) is 0 Å². The zero-order chi connectivity index (χ0) is 10.9. The van der Waals surface area contributed by atoms with Gasteiger partial charge in [-0.2, -0.15) is 0 Å². The van der Waals surface area contributed by atoms with Crippen molar-refractivity contribution in [1.29, 1.82) is 0 Å². The Morgan fingerprint density at radius 1 is 0.714 bits per heavy atom. The molecular formula is C12H29GeN. The molecule has 0 saturated carbocycles. The molecule has 0 unspecified atom stereocenters. The van der Waals surface area contributed by atoms with E-state index in [0.717, 1.165) is 0 Å². The first-order valence-corrected chi connectivity index (χ1v) is 12.1. The van der Waals surface area contributed by atoms with E-state index in [4.69, 9.17) is 4.69 Å². The van der Waals surface area contributed by atoms with Crippen molar-refractivity contribution in [2.45, 2.75) is 75.1 Å². The topological polar surface area (TPSA) is 26.0 Å². The molecule has 86 valence electrons. The van der Waals surface area contributed by atoms with Gasteiger partial charge >= 0.3 is 93.2 Å². The molecule has 0 aromatic carbocycles. The molecule has 0 fully saturated rings. The maximum absolute atomic E-state index is 6.64. The number of nitrogens with two attached hydrogens (primary N) is 1. The van der Waals surface area contributed by atoms with E-state index in [9.17, 15) is 0 Å². The van der Waals surface area contributed by atoms with Gasteiger partial charge in [0.1, 0.15) is 0 Å². The van der Waals surface area contributed by atoms with Gasteiger partial charge < -0.3 is 0 Å². The fraction of sp³-hybridized carbons (Fsp3) is 1.00. The zero-order valence-electron chi connectivity index (χ0n) is 10.4. The fourth-order valence-corrected chi connectivity index (χ4v) is 10.2. The number of rotatable bonds is 9. The number of hydrogen-bond acceptors (Lipinski definition) is 1. The first kappa shape index (κ1) is 14.5. The summed E-state index contributed by atoms with van der Waals surface area (Å²) in [6, 6.07) is 0. The van der Waals surface area contributed by atoms with Crippen molar-refractivity contribution in [3.8, 4) is 0 Å². The Hall–Kier alpha value is 0.503. The molecule has 0 aliphatic carbocycles. The Bertz CT molecular complexity index is 104. The molecule has 2 N–H and O–H groups in total. The third-order valence-corrected chi connectivity index (χ3v) is 11.6. The maximum atomic E-state index is 6.64. The van der Waals surface area contributed by atoms with Gasteiger partial charge in [0, 0.05) is 0 Å². The van der Waals surface area contributed by atoms with Crippen molar-refractivity contribution in [1.82, 2.24) is 0 Å². The van der Waals surface area contributed by atoms with Gasteiger partial charge in [0.2, 0.25) is 0 Å². The molecule has 2 heteroatoms. The van der Waals surface area contributed by atoms with E-state index in [1.54, 1.807) is 0 Å². The average molecular weight is 260 g/mol. The van der Waals surface area contributed by atoms with Crippen molar-refractivity contribution in [2.75, 3.05) is 0 Å². The molecule has 0 heterocycles. The van der Waals surface area contributed by atoms with E-state index in [1.807, 2.05) is 0 Å². The minimum atomic E-state index is -1.83. The van der Waals surface area contributed by atoms with E-state index in [1.165, 1.54) is 54.3 Å². The Morgan fingerprint density at radius 2 is 1.00 bits per heavy atom. The van der Waals surface area contributed by atoms with Crippen LogP contribution in [-0.4, -0.2) is 13.5 Å². The fourth-order valence-electron chi connectivity index (χ4n) is 1.96. The first-order chi connectivity index (χ1) is 6.68. The van der Waals surface area contributed by atoms with Gasteiger partial charge in [-0.1, -0.05) is 0 Å². The molecule has 0 aromatic rings. The number of hydrogen-bond donors (Lipinski definition) is 1. The van der Waals surface area contributed by atoms with Crippen LogP contribution in [0.2, 0.25) is 15.8 Å². The molecule has 0 aromatic heterocycles. The van der Waals surface area contributed by atoms with Crippen molar-refractivity contribution in [3.63, 3.8) is 0 Å². The van der Waals surface area contributed by atoms with Gasteiger partial charge in [0.15, 0.2) is 0 Å². The standard InChI is InChI=1S/C12H29GeN/c1-4-7-10-13(14,11-8-5-2)12-9-6-3/h4-12,14H2,1-3H3. The second-order valence-corrected chi connectivity index (χ2v) is 13.5. The monoisotopic (exact) mass is 261 g/mol. The van der Waals surface area contributed by atoms with Crippen LogP contribution in [0.1, 0.15) is 59.3 Å². The second-order valence-electron chi connectivity index (χ2n) is 4.67. The van der Waals surface area contributed by atoms with E-state index in [0.29, 0.717) is 0 Å². The predicted molar refractivity (Wildman–Crippen MR) is 69.1 cm³/mol. The van der Waals surface area contributed by atoms with E-state index >= 15 is 0 Å². The summed E-state index contributed by atoms with van der Waals surface area (Å²) in [4.78, 5) is 0. The van der Waals surface area contributed by atoms with Gasteiger partial charge in [-0.15, -0.1) is 0 Å². The zero-order valence-corrected chi connectivity index (χ0v) is 12.5. The Balaban J connectivity index is 3.89. The van der Waals surface area contributed by atoms with Crippen molar-refractivity contribution in [3.05, 3.63) is 0 Å². The third-order valence-electron chi connectivity index (χ3n) is 3.08. The van der Waals surface area contributed by atoms with E-state index < -0.39 is 13.5 Å². The molecule has 1 nitrogen and oxygen atoms in total. The molecule has 0 rings (SSSR count). The van der Waals surface area contributed by atoms with Crippen LogP contribution in [0.25, 0.3) is 0 Å². The summed E-state index contributed by atoms with van der Waals surface area (Å²) in [6.07, 6.45) is 8.10. The number of unbranched alkanes of at least 4 members (excludes halogenated alkanes) is 3. The predicted octanol–water partition coefficient (Wildman–Crippen LogP) is 4.29. The Kier molecular flexibility index (Phi) is 9.10. The first-order valence-electron chi connectivity index (χ1n) is 6.47. The normalized spacial score (nSPS) is 12.0. The van der Waals surface area contributed by atoms with Crippen LogP contribution in [0.4, 0.5) is 0 Å². The Morgan fingerprint density at radius 3 is 1.21 bits per heavy atom. The van der Waals surface area contributed by atoms with Crippen molar-refractivity contribution >= 4 is 13.5 Å². The van der Waals surface area contributed by atoms with Gasteiger partial charge in [0.05, 0.1) is 0 Å². The van der Waals surface area contributed by atoms with Gasteiger partial charge in [-0.05, 0) is 0 Å². The summed E-state index contributed by atoms with van der Waals surface area (Å²) >= 11 is -1.83. The second kappa shape index (κ2) is 8.78. The summed E-state index contributed by atoms with van der Waals surface area (Å²) < 4.78 is 6.64. The van der Waals surface area contributed by atoms with Crippen LogP contribution in [-0.2, 0) is 0 Å². The molecule has 0 aliphatic heterocycles.